The first-order chi connectivity index (χ1) is 5.86. The molecule has 0 saturated heterocycles. The van der Waals surface area contributed by atoms with Gasteiger partial charge >= 0.3 is 0 Å². The Morgan fingerprint density at radius 1 is 1.50 bits per heavy atom. The molecule has 1 fully saturated rings. The summed E-state index contributed by atoms with van der Waals surface area (Å²) in [5.74, 6) is 0.817. The SMILES string of the molecule is O=C1CCCC(c2ccoc2)C1. The van der Waals surface area contributed by atoms with E-state index in [1.54, 1.807) is 12.5 Å². The van der Waals surface area contributed by atoms with Crippen molar-refractivity contribution >= 4 is 5.78 Å². The maximum atomic E-state index is 11.1. The van der Waals surface area contributed by atoms with Gasteiger partial charge in [-0.25, -0.2) is 0 Å². The highest BCUT2D eigenvalue weighted by molar-refractivity contribution is 5.80. The van der Waals surface area contributed by atoms with Crippen LogP contribution < -0.4 is 0 Å². The average Bonchev–Trinajstić information content (AvgIpc) is 2.56. The van der Waals surface area contributed by atoms with E-state index in [9.17, 15) is 4.79 Å². The molecule has 2 heteroatoms. The fraction of sp³-hybridized carbons (Fsp3) is 0.500. The van der Waals surface area contributed by atoms with Crippen molar-refractivity contribution in [3.05, 3.63) is 24.2 Å². The maximum Gasteiger partial charge on any atom is 0.133 e. The first-order valence-electron chi connectivity index (χ1n) is 4.40. The van der Waals surface area contributed by atoms with Crippen molar-refractivity contribution in [1.29, 1.82) is 0 Å². The van der Waals surface area contributed by atoms with Crippen LogP contribution in [0.1, 0.15) is 37.2 Å². The van der Waals surface area contributed by atoms with E-state index in [0.29, 0.717) is 18.1 Å². The quantitative estimate of drug-likeness (QED) is 0.638. The molecule has 1 aliphatic carbocycles. The van der Waals surface area contributed by atoms with Crippen LogP contribution >= 0.6 is 0 Å². The summed E-state index contributed by atoms with van der Waals surface area (Å²) < 4.78 is 4.99. The summed E-state index contributed by atoms with van der Waals surface area (Å²) in [7, 11) is 0. The molecule has 1 saturated carbocycles. The monoisotopic (exact) mass is 164 g/mol. The summed E-state index contributed by atoms with van der Waals surface area (Å²) in [6.07, 6.45) is 7.07. The van der Waals surface area contributed by atoms with E-state index in [4.69, 9.17) is 4.42 Å². The van der Waals surface area contributed by atoms with Crippen molar-refractivity contribution in [2.45, 2.75) is 31.6 Å². The molecule has 64 valence electrons. The van der Waals surface area contributed by atoms with Gasteiger partial charge in [0.25, 0.3) is 0 Å². The van der Waals surface area contributed by atoms with E-state index < -0.39 is 0 Å². The smallest absolute Gasteiger partial charge is 0.133 e. The molecule has 0 N–H and O–H groups in total. The Bertz CT molecular complexity index is 261. The van der Waals surface area contributed by atoms with Gasteiger partial charge in [0.05, 0.1) is 12.5 Å². The fourth-order valence-corrected chi connectivity index (χ4v) is 1.82. The Morgan fingerprint density at radius 3 is 3.08 bits per heavy atom. The van der Waals surface area contributed by atoms with Crippen LogP contribution in [-0.2, 0) is 4.79 Å². The second-order valence-electron chi connectivity index (χ2n) is 3.39. The summed E-state index contributed by atoms with van der Waals surface area (Å²) in [6, 6.07) is 1.96. The first-order valence-corrected chi connectivity index (χ1v) is 4.40. The summed E-state index contributed by atoms with van der Waals surface area (Å²) in [5.41, 5.74) is 1.18. The van der Waals surface area contributed by atoms with Crippen LogP contribution in [0.5, 0.6) is 0 Å². The lowest BCUT2D eigenvalue weighted by atomic mass is 9.85. The third kappa shape index (κ3) is 1.42. The third-order valence-electron chi connectivity index (χ3n) is 2.50. The number of ketones is 1. The van der Waals surface area contributed by atoms with Gasteiger partial charge in [0.2, 0.25) is 0 Å². The minimum Gasteiger partial charge on any atom is -0.472 e. The Balaban J connectivity index is 2.09. The Morgan fingerprint density at radius 2 is 2.42 bits per heavy atom. The molecule has 0 spiro atoms. The predicted molar refractivity (Wildman–Crippen MR) is 44.9 cm³/mol. The number of hydrogen-bond donors (Lipinski definition) is 0. The van der Waals surface area contributed by atoms with Crippen molar-refractivity contribution < 1.29 is 9.21 Å². The Kier molecular flexibility index (Phi) is 1.98. The second kappa shape index (κ2) is 3.13. The van der Waals surface area contributed by atoms with Crippen molar-refractivity contribution in [1.82, 2.24) is 0 Å². The minimum atomic E-state index is 0.396. The van der Waals surface area contributed by atoms with Gasteiger partial charge in [0, 0.05) is 12.8 Å². The van der Waals surface area contributed by atoms with Gasteiger partial charge < -0.3 is 4.42 Å². The topological polar surface area (TPSA) is 30.2 Å². The number of carbonyl (C=O) groups is 1. The highest BCUT2D eigenvalue weighted by Gasteiger charge is 2.21. The van der Waals surface area contributed by atoms with E-state index in [0.717, 1.165) is 19.3 Å². The van der Waals surface area contributed by atoms with Crippen molar-refractivity contribution in [2.24, 2.45) is 0 Å². The van der Waals surface area contributed by atoms with E-state index in [-0.39, 0.29) is 0 Å². The standard InChI is InChI=1S/C10H12O2/c11-10-3-1-2-8(6-10)9-4-5-12-7-9/h4-5,7-8H,1-3,6H2. The zero-order chi connectivity index (χ0) is 8.39. The lowest BCUT2D eigenvalue weighted by Gasteiger charge is -2.18. The van der Waals surface area contributed by atoms with E-state index in [2.05, 4.69) is 0 Å². The summed E-state index contributed by atoms with van der Waals surface area (Å²) in [6.45, 7) is 0. The number of furan rings is 1. The molecule has 0 aromatic carbocycles. The molecule has 2 nitrogen and oxygen atoms in total. The van der Waals surface area contributed by atoms with Gasteiger partial charge in [0.15, 0.2) is 0 Å². The van der Waals surface area contributed by atoms with Gasteiger partial charge in [-0.05, 0) is 30.4 Å². The molecule has 1 heterocycles. The van der Waals surface area contributed by atoms with Crippen LogP contribution in [0.2, 0.25) is 0 Å². The lowest BCUT2D eigenvalue weighted by Crippen LogP contribution is -2.12. The van der Waals surface area contributed by atoms with Gasteiger partial charge in [-0.1, -0.05) is 0 Å². The largest absolute Gasteiger partial charge is 0.472 e. The molecule has 0 aliphatic heterocycles. The molecule has 2 rings (SSSR count). The zero-order valence-electron chi connectivity index (χ0n) is 6.95. The molecular formula is C10H12O2. The highest BCUT2D eigenvalue weighted by Crippen LogP contribution is 2.30. The molecule has 12 heavy (non-hydrogen) atoms. The summed E-state index contributed by atoms with van der Waals surface area (Å²) in [4.78, 5) is 11.1. The van der Waals surface area contributed by atoms with Gasteiger partial charge in [-0.2, -0.15) is 0 Å². The zero-order valence-corrected chi connectivity index (χ0v) is 6.95. The van der Waals surface area contributed by atoms with Gasteiger partial charge in [-0.3, -0.25) is 4.79 Å². The number of Topliss-reactive ketones (excluding diaryl/α,β-unsaturated/α-hetero) is 1. The molecule has 1 aliphatic rings. The van der Waals surface area contributed by atoms with Crippen LogP contribution in [0.25, 0.3) is 0 Å². The van der Waals surface area contributed by atoms with Gasteiger partial charge in [0.1, 0.15) is 5.78 Å². The molecule has 1 aromatic heterocycles. The van der Waals surface area contributed by atoms with E-state index >= 15 is 0 Å². The van der Waals surface area contributed by atoms with Crippen LogP contribution in [0.4, 0.5) is 0 Å². The molecule has 0 bridgehead atoms. The first kappa shape index (κ1) is 7.59. The molecule has 0 radical (unpaired) electrons. The Hall–Kier alpha value is -1.05. The maximum absolute atomic E-state index is 11.1. The van der Waals surface area contributed by atoms with Gasteiger partial charge in [-0.15, -0.1) is 0 Å². The lowest BCUT2D eigenvalue weighted by molar-refractivity contribution is -0.120. The van der Waals surface area contributed by atoms with Crippen LogP contribution in [-0.4, -0.2) is 5.78 Å². The number of hydrogen-bond acceptors (Lipinski definition) is 2. The van der Waals surface area contributed by atoms with Crippen molar-refractivity contribution in [3.63, 3.8) is 0 Å². The highest BCUT2D eigenvalue weighted by atomic mass is 16.3. The van der Waals surface area contributed by atoms with Crippen LogP contribution in [0.3, 0.4) is 0 Å². The van der Waals surface area contributed by atoms with Crippen molar-refractivity contribution in [2.75, 3.05) is 0 Å². The van der Waals surface area contributed by atoms with Crippen LogP contribution in [0, 0.1) is 0 Å². The molecular weight excluding hydrogens is 152 g/mol. The van der Waals surface area contributed by atoms with E-state index in [1.807, 2.05) is 6.07 Å². The molecule has 0 amide bonds. The molecule has 1 atom stereocenters. The minimum absolute atomic E-state index is 0.396. The summed E-state index contributed by atoms with van der Waals surface area (Å²) >= 11 is 0. The van der Waals surface area contributed by atoms with Crippen LogP contribution in [0.15, 0.2) is 23.0 Å². The van der Waals surface area contributed by atoms with Crippen molar-refractivity contribution in [3.8, 4) is 0 Å². The second-order valence-corrected chi connectivity index (χ2v) is 3.39. The fourth-order valence-electron chi connectivity index (χ4n) is 1.82. The third-order valence-corrected chi connectivity index (χ3v) is 2.50. The number of carbonyl (C=O) groups excluding carboxylic acids is 1. The van der Waals surface area contributed by atoms with E-state index in [1.165, 1.54) is 5.56 Å². The number of rotatable bonds is 1. The predicted octanol–water partition coefficient (Wildman–Crippen LogP) is 2.51. The average molecular weight is 164 g/mol. The molecule has 1 unspecified atom stereocenters. The summed E-state index contributed by atoms with van der Waals surface area (Å²) in [5, 5.41) is 0. The normalized spacial score (nSPS) is 24.3. The molecule has 1 aromatic rings. The Labute approximate surface area is 71.6 Å².